The monoisotopic (exact) mass is 330 g/mol. The van der Waals surface area contributed by atoms with Crippen molar-refractivity contribution >= 4 is 11.6 Å². The van der Waals surface area contributed by atoms with Crippen LogP contribution in [0.25, 0.3) is 0 Å². The number of carbonyl (C=O) groups excluding carboxylic acids is 1. The average molecular weight is 330 g/mol. The molecule has 0 radical (unpaired) electrons. The molecule has 3 aliphatic rings. The summed E-state index contributed by atoms with van der Waals surface area (Å²) in [6, 6.07) is 8.08. The Morgan fingerprint density at radius 3 is 2.46 bits per heavy atom. The van der Waals surface area contributed by atoms with Crippen molar-refractivity contribution in [3.63, 3.8) is 0 Å². The number of carbonyl (C=O) groups is 1. The number of anilines is 1. The van der Waals surface area contributed by atoms with E-state index in [1.807, 2.05) is 17.0 Å². The number of morpholine rings is 1. The van der Waals surface area contributed by atoms with Gasteiger partial charge in [0.2, 0.25) is 0 Å². The second-order valence-corrected chi connectivity index (χ2v) is 7.28. The highest BCUT2D eigenvalue weighted by Gasteiger charge is 2.40. The van der Waals surface area contributed by atoms with Crippen LogP contribution in [-0.2, 0) is 9.47 Å². The molecule has 1 aromatic rings. The minimum absolute atomic E-state index is 0.162. The second-order valence-electron chi connectivity index (χ2n) is 7.28. The number of benzene rings is 1. The first-order valence-electron chi connectivity index (χ1n) is 9.06. The Balaban J connectivity index is 1.44. The first-order valence-corrected chi connectivity index (χ1v) is 9.06. The smallest absolute Gasteiger partial charge is 0.253 e. The standard InChI is InChI=1S/C19H26N2O3/c22-18(21-8-1-6-19(14-21)7-11-24-15-19)16-2-4-17(5-3-16)20-9-12-23-13-10-20/h2-5H,1,6-15H2/t19-/m1/s1. The maximum atomic E-state index is 12.9. The molecule has 5 nitrogen and oxygen atoms in total. The number of hydrogen-bond acceptors (Lipinski definition) is 4. The number of hydrogen-bond donors (Lipinski definition) is 0. The number of rotatable bonds is 2. The Morgan fingerprint density at radius 2 is 1.75 bits per heavy atom. The molecule has 0 saturated carbocycles. The SMILES string of the molecule is O=C(c1ccc(N2CCOCC2)cc1)N1CCC[C@@]2(CCOC2)C1. The van der Waals surface area contributed by atoms with Crippen LogP contribution in [0.1, 0.15) is 29.6 Å². The summed E-state index contributed by atoms with van der Waals surface area (Å²) >= 11 is 0. The van der Waals surface area contributed by atoms with E-state index >= 15 is 0 Å². The lowest BCUT2D eigenvalue weighted by molar-refractivity contribution is 0.0462. The molecule has 0 aromatic heterocycles. The normalized spacial score (nSPS) is 27.7. The van der Waals surface area contributed by atoms with Crippen molar-refractivity contribution in [2.45, 2.75) is 19.3 Å². The van der Waals surface area contributed by atoms with E-state index in [2.05, 4.69) is 17.0 Å². The highest BCUT2D eigenvalue weighted by Crippen LogP contribution is 2.38. The summed E-state index contributed by atoms with van der Waals surface area (Å²) in [5.74, 6) is 0.162. The van der Waals surface area contributed by atoms with Gasteiger partial charge in [0, 0.05) is 49.5 Å². The Morgan fingerprint density at radius 1 is 0.958 bits per heavy atom. The molecule has 3 heterocycles. The minimum Gasteiger partial charge on any atom is -0.381 e. The molecule has 0 aliphatic carbocycles. The van der Waals surface area contributed by atoms with Crippen LogP contribution < -0.4 is 4.90 Å². The number of piperidine rings is 1. The van der Waals surface area contributed by atoms with Gasteiger partial charge in [0.05, 0.1) is 19.8 Å². The molecule has 3 fully saturated rings. The summed E-state index contributed by atoms with van der Waals surface area (Å²) in [7, 11) is 0. The highest BCUT2D eigenvalue weighted by atomic mass is 16.5. The summed E-state index contributed by atoms with van der Waals surface area (Å²) in [6.07, 6.45) is 3.36. The topological polar surface area (TPSA) is 42.0 Å². The van der Waals surface area contributed by atoms with E-state index in [-0.39, 0.29) is 11.3 Å². The molecule has 5 heteroatoms. The molecule has 130 valence electrons. The Kier molecular flexibility index (Phi) is 4.46. The van der Waals surface area contributed by atoms with Crippen LogP contribution in [0.4, 0.5) is 5.69 Å². The van der Waals surface area contributed by atoms with Crippen LogP contribution in [0, 0.1) is 5.41 Å². The lowest BCUT2D eigenvalue weighted by Crippen LogP contribution is -2.46. The highest BCUT2D eigenvalue weighted by molar-refractivity contribution is 5.94. The van der Waals surface area contributed by atoms with Crippen LogP contribution >= 0.6 is 0 Å². The van der Waals surface area contributed by atoms with Crippen molar-refractivity contribution < 1.29 is 14.3 Å². The zero-order chi connectivity index (χ0) is 16.4. The van der Waals surface area contributed by atoms with Crippen LogP contribution in [0.3, 0.4) is 0 Å². The maximum absolute atomic E-state index is 12.9. The van der Waals surface area contributed by atoms with Gasteiger partial charge in [-0.3, -0.25) is 4.79 Å². The molecule has 1 spiro atoms. The van der Waals surface area contributed by atoms with Gasteiger partial charge in [-0.25, -0.2) is 0 Å². The molecule has 0 N–H and O–H groups in total. The molecule has 1 atom stereocenters. The third-order valence-corrected chi connectivity index (χ3v) is 5.62. The van der Waals surface area contributed by atoms with E-state index < -0.39 is 0 Å². The van der Waals surface area contributed by atoms with Crippen molar-refractivity contribution in [2.24, 2.45) is 5.41 Å². The molecule has 24 heavy (non-hydrogen) atoms. The van der Waals surface area contributed by atoms with Gasteiger partial charge < -0.3 is 19.3 Å². The average Bonchev–Trinajstić information content (AvgIpc) is 3.09. The number of nitrogens with zero attached hydrogens (tertiary/aromatic N) is 2. The molecule has 3 aliphatic heterocycles. The van der Waals surface area contributed by atoms with Gasteiger partial charge in [0.15, 0.2) is 0 Å². The molecule has 1 aromatic carbocycles. The molecule has 4 rings (SSSR count). The lowest BCUT2D eigenvalue weighted by atomic mass is 9.79. The maximum Gasteiger partial charge on any atom is 0.253 e. The minimum atomic E-state index is 0.162. The Hall–Kier alpha value is -1.59. The first-order chi connectivity index (χ1) is 11.8. The Labute approximate surface area is 143 Å². The van der Waals surface area contributed by atoms with E-state index in [0.29, 0.717) is 0 Å². The van der Waals surface area contributed by atoms with Gasteiger partial charge in [-0.15, -0.1) is 0 Å². The lowest BCUT2D eigenvalue weighted by Gasteiger charge is -2.39. The van der Waals surface area contributed by atoms with Gasteiger partial charge in [-0.05, 0) is 43.5 Å². The summed E-state index contributed by atoms with van der Waals surface area (Å²) in [6.45, 7) is 6.76. The summed E-state index contributed by atoms with van der Waals surface area (Å²) in [5, 5.41) is 0. The fourth-order valence-electron chi connectivity index (χ4n) is 4.17. The van der Waals surface area contributed by atoms with E-state index in [0.717, 1.165) is 71.0 Å². The summed E-state index contributed by atoms with van der Waals surface area (Å²) in [4.78, 5) is 17.2. The predicted molar refractivity (Wildman–Crippen MR) is 92.5 cm³/mol. The van der Waals surface area contributed by atoms with Crippen molar-refractivity contribution in [1.29, 1.82) is 0 Å². The zero-order valence-corrected chi connectivity index (χ0v) is 14.2. The second kappa shape index (κ2) is 6.73. The Bertz CT molecular complexity index is 575. The van der Waals surface area contributed by atoms with E-state index in [4.69, 9.17) is 9.47 Å². The largest absolute Gasteiger partial charge is 0.381 e. The van der Waals surface area contributed by atoms with Crippen molar-refractivity contribution in [3.05, 3.63) is 29.8 Å². The van der Waals surface area contributed by atoms with Gasteiger partial charge in [-0.2, -0.15) is 0 Å². The zero-order valence-electron chi connectivity index (χ0n) is 14.2. The first kappa shape index (κ1) is 15.9. The van der Waals surface area contributed by atoms with Crippen LogP contribution in [0.2, 0.25) is 0 Å². The van der Waals surface area contributed by atoms with Gasteiger partial charge in [-0.1, -0.05) is 0 Å². The fraction of sp³-hybridized carbons (Fsp3) is 0.632. The molecular formula is C19H26N2O3. The van der Waals surface area contributed by atoms with Gasteiger partial charge in [0.1, 0.15) is 0 Å². The van der Waals surface area contributed by atoms with Crippen LogP contribution in [0.15, 0.2) is 24.3 Å². The summed E-state index contributed by atoms with van der Waals surface area (Å²) < 4.78 is 11.0. The third kappa shape index (κ3) is 3.15. The quantitative estimate of drug-likeness (QED) is 0.833. The van der Waals surface area contributed by atoms with Crippen molar-refractivity contribution in [1.82, 2.24) is 4.90 Å². The van der Waals surface area contributed by atoms with Crippen LogP contribution in [0.5, 0.6) is 0 Å². The molecular weight excluding hydrogens is 304 g/mol. The van der Waals surface area contributed by atoms with E-state index in [1.165, 1.54) is 12.1 Å². The van der Waals surface area contributed by atoms with Crippen molar-refractivity contribution in [3.8, 4) is 0 Å². The van der Waals surface area contributed by atoms with Crippen LogP contribution in [-0.4, -0.2) is 63.4 Å². The molecule has 0 bridgehead atoms. The van der Waals surface area contributed by atoms with E-state index in [9.17, 15) is 4.79 Å². The predicted octanol–water partition coefficient (Wildman–Crippen LogP) is 2.17. The number of likely N-dealkylation sites (tertiary alicyclic amines) is 1. The third-order valence-electron chi connectivity index (χ3n) is 5.62. The van der Waals surface area contributed by atoms with Gasteiger partial charge in [0.25, 0.3) is 5.91 Å². The summed E-state index contributed by atoms with van der Waals surface area (Å²) in [5.41, 5.74) is 2.18. The van der Waals surface area contributed by atoms with Gasteiger partial charge >= 0.3 is 0 Å². The fourth-order valence-corrected chi connectivity index (χ4v) is 4.17. The molecule has 3 saturated heterocycles. The van der Waals surface area contributed by atoms with E-state index in [1.54, 1.807) is 0 Å². The van der Waals surface area contributed by atoms with Crippen molar-refractivity contribution in [2.75, 3.05) is 57.5 Å². The molecule has 0 unspecified atom stereocenters. The number of ether oxygens (including phenoxy) is 2. The number of amides is 1. The molecule has 1 amide bonds.